The van der Waals surface area contributed by atoms with E-state index in [0.29, 0.717) is 83.4 Å². The predicted molar refractivity (Wildman–Crippen MR) is 472 cm³/mol. The van der Waals surface area contributed by atoms with Gasteiger partial charge in [-0.25, -0.2) is 53.5 Å². The molecular weight excluding hydrogens is 1670 g/mol. The third-order valence-corrected chi connectivity index (χ3v) is 23.7. The highest BCUT2D eigenvalue weighted by atomic mass is 19.3. The highest BCUT2D eigenvalue weighted by molar-refractivity contribution is 5.90. The summed E-state index contributed by atoms with van der Waals surface area (Å²) in [6, 6.07) is 11.6. The van der Waals surface area contributed by atoms with Crippen LogP contribution < -0.4 is 14.2 Å². The average Bonchev–Trinajstić information content (AvgIpc) is 0.793. The van der Waals surface area contributed by atoms with Crippen molar-refractivity contribution in [1.29, 1.82) is 0 Å². The standard InChI is InChI=1S/C17H22F2O5.C16H20F2O4.2C10H16.2C8H16O.C7H14O2.C6H10F2O2.C6H12.2C5H8F2O2/c1-5-16(2,3)15(21)24-13-8-6-12(7-9-13)22-10-14(20)23-11-17(4,18)19;1-5-15(2,3)14(20)22-12-8-6-11(7-9-12)13(19)21-10-16(4,17)18;2*1-7-2-9-4-8(1)5-10(3-7)6-9;2*1-5-7(9)8(3,4)6-2;1-5-7(2,3)6(8)9-4;1-4(6(3,7)8)10-5(2)9;1-2-4-6-5-3-1;2*1-4(8)9-3-5(2,6)7/h6-9H,5,10-11H2,1-4H3;6-9H,5,10H2,1-4H3;2*7-10H,1-6H2;2*5-6H2,1-4H3;5H2,1-4H3;4H,1-3H3;1-6H2;2*3H2,1-2H3. The summed E-state index contributed by atoms with van der Waals surface area (Å²) in [5.74, 6) is -8.48. The number of methoxy groups -OCH3 is 1. The lowest BCUT2D eigenvalue weighted by atomic mass is 9.56. The molecule has 0 aromatic heterocycles. The van der Waals surface area contributed by atoms with Crippen LogP contribution in [0, 0.1) is 74.4 Å². The summed E-state index contributed by atoms with van der Waals surface area (Å²) in [6.07, 6.45) is 32.2. The molecule has 0 heterocycles. The number of benzene rings is 2. The van der Waals surface area contributed by atoms with E-state index < -0.39 is 109 Å². The number of hydrogen-bond donors (Lipinski definition) is 0. The predicted octanol–water partition coefficient (Wildman–Crippen LogP) is 25.9. The molecule has 0 aliphatic heterocycles. The molecule has 9 aliphatic carbocycles. The van der Waals surface area contributed by atoms with Gasteiger partial charge in [0.2, 0.25) is 0 Å². The molecule has 0 radical (unpaired) electrons. The first-order valence-electron chi connectivity index (χ1n) is 45.3. The summed E-state index contributed by atoms with van der Waals surface area (Å²) in [6.45, 7) is 36.3. The van der Waals surface area contributed by atoms with Crippen molar-refractivity contribution in [2.75, 3.05) is 40.1 Å². The first-order chi connectivity index (χ1) is 58.2. The summed E-state index contributed by atoms with van der Waals surface area (Å²) in [5.41, 5.74) is -1.57. The minimum absolute atomic E-state index is 0.0885. The van der Waals surface area contributed by atoms with Crippen LogP contribution in [0.2, 0.25) is 0 Å². The average molecular weight is 1830 g/mol. The Morgan fingerprint density at radius 1 is 0.339 bits per heavy atom. The lowest BCUT2D eigenvalue weighted by molar-refractivity contribution is -0.164. The zero-order valence-corrected chi connectivity index (χ0v) is 81.6. The van der Waals surface area contributed by atoms with Gasteiger partial charge in [-0.2, -0.15) is 0 Å². The van der Waals surface area contributed by atoms with E-state index in [1.807, 2.05) is 90.0 Å². The van der Waals surface area contributed by atoms with Crippen LogP contribution in [0.4, 0.5) is 43.9 Å². The molecule has 0 amide bonds. The van der Waals surface area contributed by atoms with Crippen molar-refractivity contribution >= 4 is 59.3 Å². The third-order valence-electron chi connectivity index (χ3n) is 23.7. The van der Waals surface area contributed by atoms with E-state index in [9.17, 15) is 91.8 Å². The monoisotopic (exact) mass is 1830 g/mol. The number of rotatable bonds is 28. The van der Waals surface area contributed by atoms with Gasteiger partial charge in [0.25, 0.3) is 29.6 Å². The van der Waals surface area contributed by atoms with Crippen molar-refractivity contribution < 1.29 is 134 Å². The molecule has 2 aromatic carbocycles. The Morgan fingerprint density at radius 3 is 0.780 bits per heavy atom. The Bertz CT molecular complexity index is 3290. The molecule has 0 saturated heterocycles. The van der Waals surface area contributed by atoms with Crippen LogP contribution >= 0.6 is 0 Å². The quantitative estimate of drug-likeness (QED) is 0.0332. The molecule has 9 aliphatic rings. The zero-order valence-electron chi connectivity index (χ0n) is 81.6. The van der Waals surface area contributed by atoms with Gasteiger partial charge in [-0.1, -0.05) is 115 Å². The van der Waals surface area contributed by atoms with E-state index >= 15 is 0 Å². The fourth-order valence-electron chi connectivity index (χ4n) is 14.3. The Hall–Kier alpha value is -7.36. The molecule has 8 bridgehead atoms. The fraction of sp³-hybridized carbons (Fsp3) is 0.776. The molecule has 11 rings (SSSR count). The van der Waals surface area contributed by atoms with E-state index in [1.54, 1.807) is 105 Å². The number of esters is 8. The Balaban J connectivity index is 0. The Morgan fingerprint density at radius 2 is 0.583 bits per heavy atom. The number of ether oxygens (including phenoxy) is 9. The summed E-state index contributed by atoms with van der Waals surface area (Å²) < 4.78 is 163. The van der Waals surface area contributed by atoms with E-state index in [1.165, 1.54) is 142 Å². The van der Waals surface area contributed by atoms with Crippen molar-refractivity contribution in [3.63, 3.8) is 0 Å². The van der Waals surface area contributed by atoms with Gasteiger partial charge in [0.15, 0.2) is 39.1 Å². The van der Waals surface area contributed by atoms with Crippen LogP contribution in [-0.2, 0) is 71.6 Å². The molecular formula is C98H158F10O19. The van der Waals surface area contributed by atoms with Gasteiger partial charge in [0.05, 0.1) is 28.9 Å². The molecule has 29 heteroatoms. The topological polar surface area (TPSA) is 254 Å². The van der Waals surface area contributed by atoms with Crippen molar-refractivity contribution in [3.05, 3.63) is 54.1 Å². The molecule has 2 aromatic rings. The van der Waals surface area contributed by atoms with E-state index in [0.717, 1.165) is 47.0 Å². The third kappa shape index (κ3) is 56.8. The molecule has 127 heavy (non-hydrogen) atoms. The minimum atomic E-state index is -3.08. The summed E-state index contributed by atoms with van der Waals surface area (Å²) in [7, 11) is 1.42. The van der Waals surface area contributed by atoms with Crippen LogP contribution in [0.25, 0.3) is 0 Å². The molecule has 734 valence electrons. The van der Waals surface area contributed by atoms with Gasteiger partial charge in [-0.05, 0) is 253 Å². The van der Waals surface area contributed by atoms with Gasteiger partial charge < -0.3 is 42.6 Å². The van der Waals surface area contributed by atoms with E-state index in [4.69, 9.17) is 14.2 Å². The lowest BCUT2D eigenvalue weighted by Gasteiger charge is -2.49. The number of Topliss-reactive ketones (excluding diaryl/α,β-unsaturated/α-hetero) is 2. The Kier molecular flexibility index (Phi) is 55.3. The second-order valence-corrected chi connectivity index (χ2v) is 38.5. The van der Waals surface area contributed by atoms with Crippen LogP contribution in [0.1, 0.15) is 351 Å². The second-order valence-electron chi connectivity index (χ2n) is 38.5. The molecule has 1 unspecified atom stereocenters. The van der Waals surface area contributed by atoms with Crippen LogP contribution in [0.3, 0.4) is 0 Å². The van der Waals surface area contributed by atoms with E-state index in [2.05, 4.69) is 28.4 Å². The van der Waals surface area contributed by atoms with Crippen LogP contribution in [0.5, 0.6) is 17.2 Å². The number of halogens is 10. The molecule has 19 nitrogen and oxygen atoms in total. The fourth-order valence-corrected chi connectivity index (χ4v) is 14.3. The largest absolute Gasteiger partial charge is 0.482 e. The van der Waals surface area contributed by atoms with Crippen molar-refractivity contribution in [2.24, 2.45) is 74.4 Å². The molecule has 0 N–H and O–H groups in total. The number of alkyl halides is 10. The normalized spacial score (nSPS) is 19.6. The first kappa shape index (κ1) is 122. The smallest absolute Gasteiger partial charge is 0.344 e. The Labute approximate surface area is 752 Å². The number of ketones is 2. The minimum Gasteiger partial charge on any atom is -0.482 e. The van der Waals surface area contributed by atoms with Gasteiger partial charge in [0.1, 0.15) is 28.8 Å². The second kappa shape index (κ2) is 57.7. The van der Waals surface area contributed by atoms with Crippen LogP contribution in [-0.4, -0.2) is 135 Å². The molecule has 9 saturated carbocycles. The van der Waals surface area contributed by atoms with Crippen LogP contribution in [0.15, 0.2) is 48.5 Å². The number of hydrogen-bond acceptors (Lipinski definition) is 19. The van der Waals surface area contributed by atoms with Crippen molar-refractivity contribution in [2.45, 2.75) is 376 Å². The maximum Gasteiger partial charge on any atom is 0.344 e. The lowest BCUT2D eigenvalue weighted by Crippen LogP contribution is -2.38. The number of carbonyl (C=O) groups is 10. The highest BCUT2D eigenvalue weighted by Crippen LogP contribution is 2.55. The van der Waals surface area contributed by atoms with Crippen molar-refractivity contribution in [3.8, 4) is 17.2 Å². The van der Waals surface area contributed by atoms with Gasteiger partial charge in [-0.15, -0.1) is 0 Å². The maximum atomic E-state index is 12.6. The van der Waals surface area contributed by atoms with Gasteiger partial charge in [-0.3, -0.25) is 38.4 Å². The number of carbonyl (C=O) groups excluding carboxylic acids is 10. The summed E-state index contributed by atoms with van der Waals surface area (Å²) >= 11 is 0. The first-order valence-corrected chi connectivity index (χ1v) is 45.3. The molecule has 9 fully saturated rings. The molecule has 0 spiro atoms. The summed E-state index contributed by atoms with van der Waals surface area (Å²) in [4.78, 5) is 110. The van der Waals surface area contributed by atoms with E-state index in [-0.39, 0.29) is 45.5 Å². The maximum absolute atomic E-state index is 12.6. The van der Waals surface area contributed by atoms with Gasteiger partial charge >= 0.3 is 47.8 Å². The zero-order chi connectivity index (χ0) is 98.5. The summed E-state index contributed by atoms with van der Waals surface area (Å²) in [5, 5.41) is 0. The SMILES string of the molecule is C1C2CC3CC1CC(C2)C3.C1C2CC3CC1CC(C2)C3.C1CCCCC1.CC(=O)OC(C)C(C)(F)F.CC(=O)OCC(C)(F)F.CC(=O)OCC(C)(F)F.CCC(=O)C(C)(C)CC.CCC(=O)C(C)(C)CC.CCC(C)(C)C(=O)OC.CCC(C)(C)C(=O)Oc1ccc(C(=O)OCC(C)(F)F)cc1.CCC(C)(C)C(=O)Oc1ccc(OCC(=O)OCC(C)(F)F)cc1. The highest BCUT2D eigenvalue weighted by Gasteiger charge is 2.44. The van der Waals surface area contributed by atoms with Crippen molar-refractivity contribution in [1.82, 2.24) is 0 Å². The van der Waals surface area contributed by atoms with Gasteiger partial charge in [0, 0.05) is 79.1 Å². The molecule has 1 atom stereocenters.